The third-order valence-electron chi connectivity index (χ3n) is 3.29. The monoisotopic (exact) mass is 276 g/mol. The van der Waals surface area contributed by atoms with Crippen molar-refractivity contribution in [2.24, 2.45) is 0 Å². The minimum atomic E-state index is -0.0985. The summed E-state index contributed by atoms with van der Waals surface area (Å²) in [7, 11) is 1.75. The summed E-state index contributed by atoms with van der Waals surface area (Å²) in [6.07, 6.45) is -0.0748. The molecule has 20 heavy (non-hydrogen) atoms. The standard InChI is InChI=1S/C13H16N4O3/c1-17(7-9-8-19-5-6-20-9)13(18)10-3-2-4-11-12(10)15-16-14-11/h2-4,9H,5-8H2,1H3,(H,14,15,16). The average molecular weight is 276 g/mol. The van der Waals surface area contributed by atoms with Crippen LogP contribution in [0.5, 0.6) is 0 Å². The van der Waals surface area contributed by atoms with Gasteiger partial charge in [0.1, 0.15) is 11.0 Å². The van der Waals surface area contributed by atoms with Crippen LogP contribution in [0.1, 0.15) is 10.4 Å². The minimum Gasteiger partial charge on any atom is -0.376 e. The number of fused-ring (bicyclic) bond motifs is 1. The van der Waals surface area contributed by atoms with E-state index in [4.69, 9.17) is 9.47 Å². The van der Waals surface area contributed by atoms with Gasteiger partial charge in [0.25, 0.3) is 5.91 Å². The molecule has 3 rings (SSSR count). The van der Waals surface area contributed by atoms with Crippen LogP contribution in [0.3, 0.4) is 0 Å². The number of nitrogens with one attached hydrogen (secondary N) is 1. The molecular formula is C13H16N4O3. The first-order valence-corrected chi connectivity index (χ1v) is 6.50. The molecule has 1 saturated heterocycles. The number of hydrogen-bond acceptors (Lipinski definition) is 5. The first kappa shape index (κ1) is 13.0. The number of para-hydroxylation sites is 1. The van der Waals surface area contributed by atoms with Crippen molar-refractivity contribution in [1.29, 1.82) is 0 Å². The highest BCUT2D eigenvalue weighted by atomic mass is 16.6. The van der Waals surface area contributed by atoms with Gasteiger partial charge in [0.05, 0.1) is 31.5 Å². The number of hydrogen-bond donors (Lipinski definition) is 1. The Kier molecular flexibility index (Phi) is 3.62. The Balaban J connectivity index is 1.75. The van der Waals surface area contributed by atoms with E-state index in [9.17, 15) is 4.79 Å². The van der Waals surface area contributed by atoms with Crippen LogP contribution in [-0.4, -0.2) is 65.7 Å². The van der Waals surface area contributed by atoms with E-state index in [2.05, 4.69) is 15.4 Å². The molecule has 0 bridgehead atoms. The smallest absolute Gasteiger partial charge is 0.256 e. The third kappa shape index (κ3) is 2.50. The molecule has 1 aromatic carbocycles. The second-order valence-electron chi connectivity index (χ2n) is 4.75. The molecule has 1 fully saturated rings. The van der Waals surface area contributed by atoms with Crippen LogP contribution < -0.4 is 0 Å². The normalized spacial score (nSPS) is 19.1. The number of nitrogens with zero attached hydrogens (tertiary/aromatic N) is 3. The molecule has 0 spiro atoms. The van der Waals surface area contributed by atoms with Crippen molar-refractivity contribution in [3.63, 3.8) is 0 Å². The number of rotatable bonds is 3. The van der Waals surface area contributed by atoms with Crippen LogP contribution in [0, 0.1) is 0 Å². The summed E-state index contributed by atoms with van der Waals surface area (Å²) < 4.78 is 10.9. The molecule has 7 heteroatoms. The Bertz CT molecular complexity index is 606. The lowest BCUT2D eigenvalue weighted by molar-refractivity contribution is -0.0933. The van der Waals surface area contributed by atoms with E-state index >= 15 is 0 Å². The zero-order valence-electron chi connectivity index (χ0n) is 11.2. The van der Waals surface area contributed by atoms with Crippen LogP contribution in [0.25, 0.3) is 11.0 Å². The van der Waals surface area contributed by atoms with Gasteiger partial charge in [0.2, 0.25) is 0 Å². The van der Waals surface area contributed by atoms with Gasteiger partial charge >= 0.3 is 0 Å². The molecule has 0 radical (unpaired) electrons. The first-order valence-electron chi connectivity index (χ1n) is 6.50. The molecular weight excluding hydrogens is 260 g/mol. The van der Waals surface area contributed by atoms with Gasteiger partial charge in [0, 0.05) is 13.6 Å². The maximum absolute atomic E-state index is 12.5. The van der Waals surface area contributed by atoms with Crippen LogP contribution in [0.15, 0.2) is 18.2 Å². The maximum Gasteiger partial charge on any atom is 0.256 e. The number of carbonyl (C=O) groups excluding carboxylic acids is 1. The number of ether oxygens (including phenoxy) is 2. The highest BCUT2D eigenvalue weighted by Gasteiger charge is 2.22. The number of benzene rings is 1. The van der Waals surface area contributed by atoms with E-state index < -0.39 is 0 Å². The first-order chi connectivity index (χ1) is 9.75. The van der Waals surface area contributed by atoms with Gasteiger partial charge in [-0.2, -0.15) is 15.4 Å². The van der Waals surface area contributed by atoms with Crippen LogP contribution in [0.4, 0.5) is 0 Å². The zero-order valence-corrected chi connectivity index (χ0v) is 11.2. The van der Waals surface area contributed by atoms with Crippen molar-refractivity contribution in [1.82, 2.24) is 20.3 Å². The van der Waals surface area contributed by atoms with Crippen molar-refractivity contribution in [2.45, 2.75) is 6.10 Å². The Morgan fingerprint density at radius 2 is 2.35 bits per heavy atom. The second-order valence-corrected chi connectivity index (χ2v) is 4.75. The zero-order chi connectivity index (χ0) is 13.9. The summed E-state index contributed by atoms with van der Waals surface area (Å²) in [6, 6.07) is 5.36. The topological polar surface area (TPSA) is 80.3 Å². The number of likely N-dealkylation sites (N-methyl/N-ethyl adjacent to an activating group) is 1. The number of H-pyrrole nitrogens is 1. The molecule has 1 atom stereocenters. The summed E-state index contributed by atoms with van der Waals surface area (Å²) in [6.45, 7) is 2.21. The van der Waals surface area contributed by atoms with Crippen molar-refractivity contribution in [2.75, 3.05) is 33.4 Å². The molecule has 106 valence electrons. The van der Waals surface area contributed by atoms with Gasteiger partial charge in [-0.05, 0) is 12.1 Å². The molecule has 2 aromatic rings. The number of carbonyl (C=O) groups is 1. The predicted octanol–water partition coefficient (Wildman–Crippen LogP) is 0.445. The van der Waals surface area contributed by atoms with Gasteiger partial charge in [0.15, 0.2) is 0 Å². The molecule has 0 saturated carbocycles. The van der Waals surface area contributed by atoms with E-state index in [1.54, 1.807) is 24.1 Å². The highest BCUT2D eigenvalue weighted by molar-refractivity contribution is 6.04. The second kappa shape index (κ2) is 5.56. The molecule has 1 aliphatic rings. The van der Waals surface area contributed by atoms with Crippen LogP contribution >= 0.6 is 0 Å². The summed E-state index contributed by atoms with van der Waals surface area (Å²) >= 11 is 0. The molecule has 2 heterocycles. The van der Waals surface area contributed by atoms with E-state index in [-0.39, 0.29) is 12.0 Å². The summed E-state index contributed by atoms with van der Waals surface area (Å²) in [4.78, 5) is 14.1. The van der Waals surface area contributed by atoms with E-state index in [1.165, 1.54) is 0 Å². The fourth-order valence-corrected chi connectivity index (χ4v) is 2.28. The Labute approximate surface area is 115 Å². The van der Waals surface area contributed by atoms with Crippen molar-refractivity contribution in [3.8, 4) is 0 Å². The lowest BCUT2D eigenvalue weighted by Crippen LogP contribution is -2.40. The van der Waals surface area contributed by atoms with Gasteiger partial charge < -0.3 is 14.4 Å². The summed E-state index contributed by atoms with van der Waals surface area (Å²) in [5, 5.41) is 10.6. The maximum atomic E-state index is 12.5. The summed E-state index contributed by atoms with van der Waals surface area (Å²) in [5.41, 5.74) is 1.81. The van der Waals surface area contributed by atoms with Crippen LogP contribution in [-0.2, 0) is 9.47 Å². The molecule has 1 unspecified atom stereocenters. The SMILES string of the molecule is CN(CC1COCCO1)C(=O)c1cccc2n[nH]nc12. The van der Waals surface area contributed by atoms with Crippen molar-refractivity contribution >= 4 is 16.9 Å². The fraction of sp³-hybridized carbons (Fsp3) is 0.462. The molecule has 1 N–H and O–H groups in total. The molecule has 0 aliphatic carbocycles. The van der Waals surface area contributed by atoms with E-state index in [0.29, 0.717) is 43.0 Å². The highest BCUT2D eigenvalue weighted by Crippen LogP contribution is 2.15. The molecule has 1 aromatic heterocycles. The third-order valence-corrected chi connectivity index (χ3v) is 3.29. The van der Waals surface area contributed by atoms with Gasteiger partial charge in [-0.3, -0.25) is 4.79 Å². The van der Waals surface area contributed by atoms with E-state index in [0.717, 1.165) is 0 Å². The lowest BCUT2D eigenvalue weighted by atomic mass is 10.1. The predicted molar refractivity (Wildman–Crippen MR) is 71.4 cm³/mol. The van der Waals surface area contributed by atoms with Crippen molar-refractivity contribution < 1.29 is 14.3 Å². The Morgan fingerprint density at radius 1 is 1.45 bits per heavy atom. The van der Waals surface area contributed by atoms with E-state index in [1.807, 2.05) is 6.07 Å². The molecule has 7 nitrogen and oxygen atoms in total. The quantitative estimate of drug-likeness (QED) is 0.880. The Hall–Kier alpha value is -1.99. The largest absolute Gasteiger partial charge is 0.376 e. The number of amides is 1. The molecule has 1 amide bonds. The Morgan fingerprint density at radius 3 is 3.15 bits per heavy atom. The fourth-order valence-electron chi connectivity index (χ4n) is 2.28. The van der Waals surface area contributed by atoms with Crippen LogP contribution in [0.2, 0.25) is 0 Å². The molecule has 1 aliphatic heterocycles. The van der Waals surface area contributed by atoms with Gasteiger partial charge in [-0.25, -0.2) is 0 Å². The van der Waals surface area contributed by atoms with Crippen molar-refractivity contribution in [3.05, 3.63) is 23.8 Å². The number of aromatic amines is 1. The minimum absolute atomic E-state index is 0.0748. The number of aromatic nitrogens is 3. The lowest BCUT2D eigenvalue weighted by Gasteiger charge is -2.27. The average Bonchev–Trinajstić information content (AvgIpc) is 2.96. The van der Waals surface area contributed by atoms with Gasteiger partial charge in [-0.15, -0.1) is 0 Å². The van der Waals surface area contributed by atoms with Gasteiger partial charge in [-0.1, -0.05) is 6.07 Å². The summed E-state index contributed by atoms with van der Waals surface area (Å²) in [5.74, 6) is -0.0985.